The highest BCUT2D eigenvalue weighted by molar-refractivity contribution is 7.00. The van der Waals surface area contributed by atoms with Crippen molar-refractivity contribution in [3.8, 4) is 5.69 Å². The van der Waals surface area contributed by atoms with Crippen molar-refractivity contribution < 1.29 is 0 Å². The Morgan fingerprint density at radius 3 is 1.73 bits per heavy atom. The second-order valence-corrected chi connectivity index (χ2v) is 23.1. The van der Waals surface area contributed by atoms with Crippen LogP contribution in [0.25, 0.3) is 27.5 Å². The van der Waals surface area contributed by atoms with Crippen molar-refractivity contribution in [2.75, 3.05) is 4.90 Å². The van der Waals surface area contributed by atoms with Crippen LogP contribution in [0.1, 0.15) is 149 Å². The number of fused-ring (bicyclic) bond motifs is 9. The van der Waals surface area contributed by atoms with Crippen LogP contribution >= 0.6 is 0 Å². The first-order valence-electron chi connectivity index (χ1n) is 21.3. The summed E-state index contributed by atoms with van der Waals surface area (Å²) in [6, 6.07) is 30.2. The summed E-state index contributed by atoms with van der Waals surface area (Å²) in [6.45, 7) is 36.3. The SMILES string of the molecule is Cc1cc2c3c(c1)-n1c4ccc(C(C)(C)C)cc4c4cc(C(C)(C)C)cc(c41)B3c1cc3c(cc1N2c1ccc2c(c1)C(C)(C)CC2(C)C)C(C)(C)CC3(C)C. The lowest BCUT2D eigenvalue weighted by Gasteiger charge is -2.42. The fourth-order valence-corrected chi connectivity index (χ4v) is 12.4. The first-order valence-corrected chi connectivity index (χ1v) is 21.3. The molecule has 0 saturated carbocycles. The monoisotopic (exact) mass is 736 g/mol. The Kier molecular flexibility index (Phi) is 6.86. The van der Waals surface area contributed by atoms with E-state index < -0.39 is 0 Å². The van der Waals surface area contributed by atoms with Crippen LogP contribution in [0.5, 0.6) is 0 Å². The highest BCUT2D eigenvalue weighted by atomic mass is 15.2. The van der Waals surface area contributed by atoms with Crippen LogP contribution in [0.15, 0.2) is 72.8 Å². The molecule has 4 aliphatic rings. The molecule has 0 saturated heterocycles. The fourth-order valence-electron chi connectivity index (χ4n) is 12.4. The third kappa shape index (κ3) is 4.75. The largest absolute Gasteiger partial charge is 0.311 e. The normalized spacial score (nSPS) is 19.3. The van der Waals surface area contributed by atoms with Gasteiger partial charge in [-0.1, -0.05) is 121 Å². The lowest BCUT2D eigenvalue weighted by Crippen LogP contribution is -2.61. The zero-order valence-electron chi connectivity index (χ0n) is 36.8. The molecule has 6 aromatic rings. The molecule has 286 valence electrons. The number of hydrogen-bond donors (Lipinski definition) is 0. The lowest BCUT2D eigenvalue weighted by atomic mass is 9.33. The van der Waals surface area contributed by atoms with Gasteiger partial charge in [0.1, 0.15) is 0 Å². The molecule has 0 atom stereocenters. The number of rotatable bonds is 1. The van der Waals surface area contributed by atoms with Gasteiger partial charge in [-0.05, 0) is 156 Å². The molecule has 0 bridgehead atoms. The number of nitrogens with zero attached hydrogens (tertiary/aromatic N) is 2. The van der Waals surface area contributed by atoms with Crippen molar-refractivity contribution in [1.29, 1.82) is 0 Å². The molecule has 2 aliphatic heterocycles. The first-order chi connectivity index (χ1) is 25.9. The van der Waals surface area contributed by atoms with Crippen LogP contribution in [0.2, 0.25) is 0 Å². The van der Waals surface area contributed by atoms with Crippen molar-refractivity contribution in [3.05, 3.63) is 112 Å². The topological polar surface area (TPSA) is 8.17 Å². The zero-order valence-corrected chi connectivity index (χ0v) is 36.8. The van der Waals surface area contributed by atoms with Gasteiger partial charge in [0.2, 0.25) is 0 Å². The van der Waals surface area contributed by atoms with Crippen LogP contribution in [-0.4, -0.2) is 11.3 Å². The Bertz CT molecular complexity index is 2730. The number of anilines is 3. The van der Waals surface area contributed by atoms with E-state index in [1.165, 1.54) is 99.9 Å². The van der Waals surface area contributed by atoms with E-state index in [0.29, 0.717) is 0 Å². The molecule has 3 heterocycles. The molecule has 2 nitrogen and oxygen atoms in total. The van der Waals surface area contributed by atoms with Crippen molar-refractivity contribution in [1.82, 2.24) is 4.57 Å². The molecule has 0 radical (unpaired) electrons. The van der Waals surface area contributed by atoms with E-state index in [1.807, 2.05) is 0 Å². The van der Waals surface area contributed by atoms with Gasteiger partial charge in [0.15, 0.2) is 0 Å². The zero-order chi connectivity index (χ0) is 40.0. The van der Waals surface area contributed by atoms with E-state index in [9.17, 15) is 0 Å². The lowest BCUT2D eigenvalue weighted by molar-refractivity contribution is 0.403. The molecule has 0 N–H and O–H groups in total. The Labute approximate surface area is 336 Å². The molecule has 56 heavy (non-hydrogen) atoms. The fraction of sp³-hybridized carbons (Fsp3) is 0.434. The van der Waals surface area contributed by atoms with E-state index in [2.05, 4.69) is 186 Å². The van der Waals surface area contributed by atoms with Gasteiger partial charge in [0, 0.05) is 39.0 Å². The van der Waals surface area contributed by atoms with E-state index in [4.69, 9.17) is 0 Å². The summed E-state index contributed by atoms with van der Waals surface area (Å²) < 4.78 is 2.65. The average molecular weight is 737 g/mol. The summed E-state index contributed by atoms with van der Waals surface area (Å²) in [6.07, 6.45) is 2.31. The number of aromatic nitrogens is 1. The number of aryl methyl sites for hydroxylation is 1. The summed E-state index contributed by atoms with van der Waals surface area (Å²) >= 11 is 0. The molecular weight excluding hydrogens is 675 g/mol. The van der Waals surface area contributed by atoms with Gasteiger partial charge in [-0.3, -0.25) is 0 Å². The van der Waals surface area contributed by atoms with Gasteiger partial charge >= 0.3 is 0 Å². The van der Waals surface area contributed by atoms with Gasteiger partial charge < -0.3 is 9.47 Å². The molecule has 2 aliphatic carbocycles. The van der Waals surface area contributed by atoms with Crippen molar-refractivity contribution in [3.63, 3.8) is 0 Å². The third-order valence-electron chi connectivity index (χ3n) is 14.6. The van der Waals surface area contributed by atoms with E-state index in [1.54, 1.807) is 0 Å². The number of hydrogen-bond acceptors (Lipinski definition) is 1. The number of benzene rings is 5. The minimum Gasteiger partial charge on any atom is -0.311 e. The van der Waals surface area contributed by atoms with Crippen molar-refractivity contribution in [2.45, 2.75) is 149 Å². The Morgan fingerprint density at radius 1 is 0.518 bits per heavy atom. The van der Waals surface area contributed by atoms with Gasteiger partial charge in [-0.25, -0.2) is 0 Å². The second kappa shape index (κ2) is 10.6. The highest BCUT2D eigenvalue weighted by Gasteiger charge is 2.48. The van der Waals surface area contributed by atoms with Crippen LogP contribution in [0.4, 0.5) is 17.1 Å². The van der Waals surface area contributed by atoms with Crippen LogP contribution in [0.3, 0.4) is 0 Å². The van der Waals surface area contributed by atoms with E-state index in [0.717, 1.165) is 12.8 Å². The molecule has 10 rings (SSSR count). The van der Waals surface area contributed by atoms with E-state index in [-0.39, 0.29) is 39.2 Å². The summed E-state index contributed by atoms with van der Waals surface area (Å²) in [5.74, 6) is 0. The summed E-state index contributed by atoms with van der Waals surface area (Å²) in [7, 11) is 0. The van der Waals surface area contributed by atoms with Crippen LogP contribution in [0, 0.1) is 6.92 Å². The highest BCUT2D eigenvalue weighted by Crippen LogP contribution is 2.54. The summed E-state index contributed by atoms with van der Waals surface area (Å²) in [4.78, 5) is 2.68. The predicted octanol–water partition coefficient (Wildman–Crippen LogP) is 12.2. The minimum atomic E-state index is -0.00435. The molecule has 0 unspecified atom stereocenters. The second-order valence-electron chi connectivity index (χ2n) is 23.1. The van der Waals surface area contributed by atoms with Crippen molar-refractivity contribution in [2.24, 2.45) is 0 Å². The molecule has 0 spiro atoms. The maximum atomic E-state index is 2.68. The standard InChI is InChI=1S/C53H61BN2/c1-30-20-44-46-45(21-30)56-42-19-16-31(48(2,3)4)22-34(42)35-23-32(49(5,6)7)24-41(47(35)56)54(46)40-26-38-39(53(14,15)29-52(38,12)13)27-43(40)55(44)33-17-18-36-37(25-33)51(10,11)28-50(36,8)9/h16-27H,28-29H2,1-15H3. The Balaban J connectivity index is 1.37. The van der Waals surface area contributed by atoms with Crippen LogP contribution < -0.4 is 21.3 Å². The van der Waals surface area contributed by atoms with E-state index >= 15 is 0 Å². The quantitative estimate of drug-likeness (QED) is 0.152. The Hall–Kier alpha value is -4.24. The van der Waals surface area contributed by atoms with Crippen LogP contribution in [-0.2, 0) is 32.5 Å². The first kappa shape index (κ1) is 36.1. The molecule has 0 amide bonds. The molecule has 0 fully saturated rings. The summed E-state index contributed by atoms with van der Waals surface area (Å²) in [5, 5.41) is 2.75. The van der Waals surface area contributed by atoms with Gasteiger partial charge in [0.05, 0.1) is 5.52 Å². The summed E-state index contributed by atoms with van der Waals surface area (Å²) in [5.41, 5.74) is 23.0. The minimum absolute atomic E-state index is 0.00435. The molecule has 5 aromatic carbocycles. The maximum absolute atomic E-state index is 2.68. The Morgan fingerprint density at radius 2 is 1.09 bits per heavy atom. The molecule has 1 aromatic heterocycles. The van der Waals surface area contributed by atoms with Gasteiger partial charge in [0.25, 0.3) is 6.71 Å². The smallest absolute Gasteiger partial charge is 0.252 e. The maximum Gasteiger partial charge on any atom is 0.252 e. The third-order valence-corrected chi connectivity index (χ3v) is 14.6. The van der Waals surface area contributed by atoms with Crippen molar-refractivity contribution >= 4 is 62.0 Å². The van der Waals surface area contributed by atoms with Gasteiger partial charge in [-0.15, -0.1) is 0 Å². The van der Waals surface area contributed by atoms with Gasteiger partial charge in [-0.2, -0.15) is 0 Å². The average Bonchev–Trinajstić information content (AvgIpc) is 3.58. The molecular formula is C53H61BN2. The molecule has 3 heteroatoms. The predicted molar refractivity (Wildman–Crippen MR) is 244 cm³/mol.